The maximum absolute atomic E-state index is 12.8. The van der Waals surface area contributed by atoms with Crippen LogP contribution in [0.1, 0.15) is 26.7 Å². The second-order valence-electron chi connectivity index (χ2n) is 6.31. The van der Waals surface area contributed by atoms with Crippen LogP contribution in [0, 0.1) is 17.7 Å². The van der Waals surface area contributed by atoms with Crippen molar-refractivity contribution in [2.75, 3.05) is 13.2 Å². The van der Waals surface area contributed by atoms with Crippen molar-refractivity contribution in [3.05, 3.63) is 41.2 Å². The molecular formula is C18H20FNO3. The fraction of sp³-hybridized carbons (Fsp3) is 0.444. The number of nitrogens with zero attached hydrogens (tertiary/aromatic N) is 1. The van der Waals surface area contributed by atoms with E-state index in [0.717, 1.165) is 0 Å². The van der Waals surface area contributed by atoms with E-state index in [9.17, 15) is 14.0 Å². The van der Waals surface area contributed by atoms with E-state index >= 15 is 0 Å². The molecule has 3 rings (SSSR count). The summed E-state index contributed by atoms with van der Waals surface area (Å²) in [6.45, 7) is 4.52. The molecule has 0 saturated carbocycles. The van der Waals surface area contributed by atoms with Crippen LogP contribution >= 0.6 is 0 Å². The average molecular weight is 317 g/mol. The summed E-state index contributed by atoms with van der Waals surface area (Å²) in [7, 11) is 0. The zero-order valence-electron chi connectivity index (χ0n) is 13.3. The molecule has 0 aromatic heterocycles. The van der Waals surface area contributed by atoms with Gasteiger partial charge < -0.3 is 4.74 Å². The first-order valence-corrected chi connectivity index (χ1v) is 7.86. The normalized spacial score (nSPS) is 24.2. The Morgan fingerprint density at radius 1 is 1.04 bits per heavy atom. The number of amides is 2. The van der Waals surface area contributed by atoms with Crippen molar-refractivity contribution in [3.8, 4) is 5.75 Å². The Hall–Kier alpha value is -2.17. The van der Waals surface area contributed by atoms with Crippen molar-refractivity contribution in [2.45, 2.75) is 26.7 Å². The van der Waals surface area contributed by atoms with Gasteiger partial charge >= 0.3 is 0 Å². The van der Waals surface area contributed by atoms with E-state index in [1.165, 1.54) is 40.3 Å². The first kappa shape index (κ1) is 15.7. The zero-order chi connectivity index (χ0) is 16.6. The minimum atomic E-state index is -0.329. The molecule has 1 aliphatic heterocycles. The highest BCUT2D eigenvalue weighted by Crippen LogP contribution is 2.40. The standard InChI is InChI=1S/C18H20FNO3/c1-11-9-15-16(10-12(11)2)18(22)20(17(15)21)7-8-23-14-5-3-13(19)4-6-14/h3-6,15-16H,7-10H2,1-2H3/t15-,16-/m0/s1. The SMILES string of the molecule is CC1=C(C)C[C@@H]2C(=O)N(CCOc3ccc(F)cc3)C(=O)[C@H]2C1. The van der Waals surface area contributed by atoms with Gasteiger partial charge in [0.1, 0.15) is 18.2 Å². The number of fused-ring (bicyclic) bond motifs is 1. The highest BCUT2D eigenvalue weighted by atomic mass is 19.1. The maximum atomic E-state index is 12.8. The van der Waals surface area contributed by atoms with Crippen LogP contribution in [0.4, 0.5) is 4.39 Å². The van der Waals surface area contributed by atoms with Crippen molar-refractivity contribution >= 4 is 11.8 Å². The lowest BCUT2D eigenvalue weighted by atomic mass is 9.78. The third-order valence-electron chi connectivity index (χ3n) is 4.83. The fourth-order valence-electron chi connectivity index (χ4n) is 3.33. The minimum Gasteiger partial charge on any atom is -0.492 e. The molecule has 0 N–H and O–H groups in total. The largest absolute Gasteiger partial charge is 0.492 e. The first-order chi connectivity index (χ1) is 11.0. The van der Waals surface area contributed by atoms with E-state index in [2.05, 4.69) is 0 Å². The van der Waals surface area contributed by atoms with E-state index in [1.807, 2.05) is 13.8 Å². The Bertz CT molecular complexity index is 633. The number of hydrogen-bond acceptors (Lipinski definition) is 3. The smallest absolute Gasteiger partial charge is 0.233 e. The molecule has 0 spiro atoms. The van der Waals surface area contributed by atoms with Crippen molar-refractivity contribution in [1.82, 2.24) is 4.90 Å². The van der Waals surface area contributed by atoms with E-state index in [-0.39, 0.29) is 42.6 Å². The Kier molecular flexibility index (Phi) is 4.20. The van der Waals surface area contributed by atoms with Crippen molar-refractivity contribution in [1.29, 1.82) is 0 Å². The minimum absolute atomic E-state index is 0.0884. The van der Waals surface area contributed by atoms with E-state index in [1.54, 1.807) is 0 Å². The molecule has 122 valence electrons. The number of imide groups is 1. The van der Waals surface area contributed by atoms with Crippen LogP contribution in [0.5, 0.6) is 5.75 Å². The summed E-state index contributed by atoms with van der Waals surface area (Å²) in [5.74, 6) is -0.404. The number of benzene rings is 1. The molecule has 0 bridgehead atoms. The van der Waals surface area contributed by atoms with Crippen LogP contribution < -0.4 is 4.74 Å². The molecule has 1 fully saturated rings. The third kappa shape index (κ3) is 3.00. The van der Waals surface area contributed by atoms with Gasteiger partial charge in [0.2, 0.25) is 11.8 Å². The summed E-state index contributed by atoms with van der Waals surface area (Å²) in [6.07, 6.45) is 1.35. The molecule has 1 aromatic rings. The van der Waals surface area contributed by atoms with Crippen LogP contribution in [0.2, 0.25) is 0 Å². The van der Waals surface area contributed by atoms with Crippen LogP contribution in [0.25, 0.3) is 0 Å². The summed E-state index contributed by atoms with van der Waals surface area (Å²) in [4.78, 5) is 26.3. The summed E-state index contributed by atoms with van der Waals surface area (Å²) in [6, 6.07) is 5.68. The van der Waals surface area contributed by atoms with Crippen LogP contribution in [0.3, 0.4) is 0 Å². The number of carbonyl (C=O) groups excluding carboxylic acids is 2. The van der Waals surface area contributed by atoms with Gasteiger partial charge in [0.15, 0.2) is 0 Å². The van der Waals surface area contributed by atoms with Crippen LogP contribution in [-0.2, 0) is 9.59 Å². The van der Waals surface area contributed by atoms with Gasteiger partial charge in [-0.1, -0.05) is 11.1 Å². The van der Waals surface area contributed by atoms with E-state index in [0.29, 0.717) is 18.6 Å². The number of hydrogen-bond donors (Lipinski definition) is 0. The highest BCUT2D eigenvalue weighted by molar-refractivity contribution is 6.05. The van der Waals surface area contributed by atoms with E-state index < -0.39 is 0 Å². The van der Waals surface area contributed by atoms with Crippen LogP contribution in [0.15, 0.2) is 35.4 Å². The summed E-state index contributed by atoms with van der Waals surface area (Å²) in [5.41, 5.74) is 2.44. The molecule has 4 nitrogen and oxygen atoms in total. The predicted molar refractivity (Wildman–Crippen MR) is 83.2 cm³/mol. The lowest BCUT2D eigenvalue weighted by molar-refractivity contribution is -0.140. The van der Waals surface area contributed by atoms with Gasteiger partial charge in [0.05, 0.1) is 18.4 Å². The molecule has 2 amide bonds. The molecular weight excluding hydrogens is 297 g/mol. The van der Waals surface area contributed by atoms with E-state index in [4.69, 9.17) is 4.74 Å². The lowest BCUT2D eigenvalue weighted by Crippen LogP contribution is -2.34. The van der Waals surface area contributed by atoms with Gasteiger partial charge in [-0.05, 0) is 51.0 Å². The molecule has 2 aliphatic rings. The molecule has 2 atom stereocenters. The molecule has 5 heteroatoms. The van der Waals surface area contributed by atoms with Gasteiger partial charge in [0, 0.05) is 0 Å². The number of ether oxygens (including phenoxy) is 1. The Morgan fingerprint density at radius 2 is 1.57 bits per heavy atom. The van der Waals surface area contributed by atoms with Crippen LogP contribution in [-0.4, -0.2) is 29.9 Å². The third-order valence-corrected chi connectivity index (χ3v) is 4.83. The molecule has 1 aromatic carbocycles. The molecule has 0 radical (unpaired) electrons. The predicted octanol–water partition coefficient (Wildman–Crippen LogP) is 2.94. The quantitative estimate of drug-likeness (QED) is 0.633. The van der Waals surface area contributed by atoms with Gasteiger partial charge in [-0.15, -0.1) is 0 Å². The Balaban J connectivity index is 1.60. The average Bonchev–Trinajstić information content (AvgIpc) is 2.75. The molecule has 1 heterocycles. The van der Waals surface area contributed by atoms with Gasteiger partial charge in [-0.2, -0.15) is 0 Å². The summed E-state index contributed by atoms with van der Waals surface area (Å²) >= 11 is 0. The zero-order valence-corrected chi connectivity index (χ0v) is 13.3. The van der Waals surface area contributed by atoms with Gasteiger partial charge in [0.25, 0.3) is 0 Å². The Morgan fingerprint density at radius 3 is 2.09 bits per heavy atom. The summed E-state index contributed by atoms with van der Waals surface area (Å²) < 4.78 is 18.3. The number of rotatable bonds is 4. The van der Waals surface area contributed by atoms with Crippen molar-refractivity contribution < 1.29 is 18.7 Å². The number of likely N-dealkylation sites (tertiary alicyclic amines) is 1. The topological polar surface area (TPSA) is 46.6 Å². The number of allylic oxidation sites excluding steroid dienone is 2. The van der Waals surface area contributed by atoms with Gasteiger partial charge in [-0.25, -0.2) is 4.39 Å². The second-order valence-corrected chi connectivity index (χ2v) is 6.31. The highest BCUT2D eigenvalue weighted by Gasteiger charge is 2.48. The number of halogens is 1. The number of carbonyl (C=O) groups is 2. The van der Waals surface area contributed by atoms with Crippen molar-refractivity contribution in [2.24, 2.45) is 11.8 Å². The lowest BCUT2D eigenvalue weighted by Gasteiger charge is -2.23. The Labute approximate surface area is 134 Å². The maximum Gasteiger partial charge on any atom is 0.233 e. The molecule has 1 aliphatic carbocycles. The summed E-state index contributed by atoms with van der Waals surface area (Å²) in [5, 5.41) is 0. The molecule has 0 unspecified atom stereocenters. The second kappa shape index (κ2) is 6.14. The fourth-order valence-corrected chi connectivity index (χ4v) is 3.33. The molecule has 1 saturated heterocycles. The molecule has 23 heavy (non-hydrogen) atoms. The first-order valence-electron chi connectivity index (χ1n) is 7.86. The van der Waals surface area contributed by atoms with Crippen molar-refractivity contribution in [3.63, 3.8) is 0 Å². The van der Waals surface area contributed by atoms with Gasteiger partial charge in [-0.3, -0.25) is 14.5 Å². The monoisotopic (exact) mass is 317 g/mol.